The van der Waals surface area contributed by atoms with E-state index >= 15 is 0 Å². The van der Waals surface area contributed by atoms with E-state index in [-0.39, 0.29) is 11.1 Å². The Bertz CT molecular complexity index is 877. The van der Waals surface area contributed by atoms with Crippen molar-refractivity contribution in [2.75, 3.05) is 11.9 Å². The van der Waals surface area contributed by atoms with Crippen molar-refractivity contribution in [1.29, 1.82) is 0 Å². The number of hydrogen-bond donors (Lipinski definition) is 1. The van der Waals surface area contributed by atoms with Crippen LogP contribution in [0.5, 0.6) is 0 Å². The molecule has 0 atom stereocenters. The van der Waals surface area contributed by atoms with Crippen LogP contribution in [0.4, 0.5) is 11.4 Å². The standard InChI is InChI=1S/C21H22N2O2/c1-14-12-21(2,3)23(4)19-10-5-15(11-18(14)19)13-22-17-8-6-16(7-9-17)20(24)25/h5-13H,1-4H3,(H,24,25). The molecule has 2 aromatic carbocycles. The fraction of sp³-hybridized carbons (Fsp3) is 0.238. The van der Waals surface area contributed by atoms with Gasteiger partial charge in [0.25, 0.3) is 0 Å². The predicted octanol–water partition coefficient (Wildman–Crippen LogP) is 4.77. The summed E-state index contributed by atoms with van der Waals surface area (Å²) in [5.74, 6) is -0.931. The number of likely N-dealkylation sites (N-methyl/N-ethyl adjacent to an activating group) is 1. The second-order valence-electron chi connectivity index (χ2n) is 6.93. The van der Waals surface area contributed by atoms with Crippen molar-refractivity contribution < 1.29 is 9.90 Å². The van der Waals surface area contributed by atoms with Crippen molar-refractivity contribution >= 4 is 29.1 Å². The van der Waals surface area contributed by atoms with Gasteiger partial charge in [-0.1, -0.05) is 12.1 Å². The molecule has 4 nitrogen and oxygen atoms in total. The molecule has 0 aliphatic carbocycles. The number of carboxylic acid groups (broad SMARTS) is 1. The molecule has 1 aliphatic rings. The van der Waals surface area contributed by atoms with E-state index in [0.717, 1.165) is 11.3 Å². The van der Waals surface area contributed by atoms with E-state index in [9.17, 15) is 4.79 Å². The minimum absolute atomic E-state index is 0.00141. The number of rotatable bonds is 3. The Kier molecular flexibility index (Phi) is 4.21. The first-order chi connectivity index (χ1) is 11.8. The van der Waals surface area contributed by atoms with E-state index < -0.39 is 5.97 Å². The van der Waals surface area contributed by atoms with Gasteiger partial charge in [0.1, 0.15) is 0 Å². The Hall–Kier alpha value is -2.88. The number of benzene rings is 2. The number of aliphatic imine (C=N–C) groups is 1. The van der Waals surface area contributed by atoms with Gasteiger partial charge in [-0.25, -0.2) is 4.79 Å². The molecule has 1 aliphatic heterocycles. The molecule has 0 aromatic heterocycles. The summed E-state index contributed by atoms with van der Waals surface area (Å²) in [5, 5.41) is 8.93. The molecular formula is C21H22N2O2. The van der Waals surface area contributed by atoms with Crippen molar-refractivity contribution in [3.63, 3.8) is 0 Å². The van der Waals surface area contributed by atoms with Crippen LogP contribution in [-0.4, -0.2) is 29.9 Å². The van der Waals surface area contributed by atoms with Gasteiger partial charge in [0.2, 0.25) is 0 Å². The van der Waals surface area contributed by atoms with Gasteiger partial charge in [0, 0.05) is 24.5 Å². The molecule has 0 bridgehead atoms. The van der Waals surface area contributed by atoms with E-state index in [2.05, 4.69) is 62.0 Å². The van der Waals surface area contributed by atoms with Crippen LogP contribution in [-0.2, 0) is 0 Å². The van der Waals surface area contributed by atoms with Crippen molar-refractivity contribution in [2.24, 2.45) is 4.99 Å². The molecule has 0 spiro atoms. The third-order valence-electron chi connectivity index (χ3n) is 4.72. The monoisotopic (exact) mass is 334 g/mol. The van der Waals surface area contributed by atoms with Crippen molar-refractivity contribution in [3.8, 4) is 0 Å². The van der Waals surface area contributed by atoms with Crippen molar-refractivity contribution in [3.05, 3.63) is 65.2 Å². The van der Waals surface area contributed by atoms with Gasteiger partial charge < -0.3 is 10.0 Å². The Labute approximate surface area is 148 Å². The minimum atomic E-state index is -0.931. The number of anilines is 1. The Morgan fingerprint density at radius 1 is 1.16 bits per heavy atom. The zero-order chi connectivity index (χ0) is 18.2. The highest BCUT2D eigenvalue weighted by Crippen LogP contribution is 2.37. The lowest BCUT2D eigenvalue weighted by Gasteiger charge is -2.40. The summed E-state index contributed by atoms with van der Waals surface area (Å²) in [5.41, 5.74) is 5.70. The van der Waals surface area contributed by atoms with E-state index in [4.69, 9.17) is 5.11 Å². The zero-order valence-electron chi connectivity index (χ0n) is 14.9. The van der Waals surface area contributed by atoms with Crippen molar-refractivity contribution in [2.45, 2.75) is 26.3 Å². The van der Waals surface area contributed by atoms with Crippen LogP contribution in [0.1, 0.15) is 42.3 Å². The first-order valence-corrected chi connectivity index (χ1v) is 8.23. The number of nitrogens with zero attached hydrogens (tertiary/aromatic N) is 2. The average molecular weight is 334 g/mol. The van der Waals surface area contributed by atoms with Crippen LogP contribution in [0.15, 0.2) is 53.5 Å². The highest BCUT2D eigenvalue weighted by atomic mass is 16.4. The number of aromatic carboxylic acids is 1. The highest BCUT2D eigenvalue weighted by molar-refractivity contribution is 5.90. The maximum absolute atomic E-state index is 10.9. The van der Waals surface area contributed by atoms with Gasteiger partial charge in [0.05, 0.1) is 16.8 Å². The second-order valence-corrected chi connectivity index (χ2v) is 6.93. The van der Waals surface area contributed by atoms with Gasteiger partial charge >= 0.3 is 5.97 Å². The largest absolute Gasteiger partial charge is 0.478 e. The number of hydrogen-bond acceptors (Lipinski definition) is 3. The van der Waals surface area contributed by atoms with E-state index in [1.807, 2.05) is 6.21 Å². The number of carbonyl (C=O) groups is 1. The lowest BCUT2D eigenvalue weighted by Crippen LogP contribution is -2.42. The summed E-state index contributed by atoms with van der Waals surface area (Å²) in [6, 6.07) is 12.9. The smallest absolute Gasteiger partial charge is 0.335 e. The number of carboxylic acids is 1. The molecule has 3 rings (SSSR count). The summed E-state index contributed by atoms with van der Waals surface area (Å²) in [6.07, 6.45) is 4.09. The quantitative estimate of drug-likeness (QED) is 0.823. The molecule has 0 unspecified atom stereocenters. The fourth-order valence-corrected chi connectivity index (χ4v) is 3.10. The third kappa shape index (κ3) is 3.33. The lowest BCUT2D eigenvalue weighted by atomic mass is 9.89. The predicted molar refractivity (Wildman–Crippen MR) is 103 cm³/mol. The SMILES string of the molecule is CC1=CC(C)(C)N(C)c2ccc(C=Nc3ccc(C(=O)O)cc3)cc21. The van der Waals surface area contributed by atoms with Crippen LogP contribution < -0.4 is 4.90 Å². The number of allylic oxidation sites excluding steroid dienone is 1. The first-order valence-electron chi connectivity index (χ1n) is 8.23. The molecule has 1 heterocycles. The molecule has 4 heteroatoms. The molecule has 0 radical (unpaired) electrons. The first kappa shape index (κ1) is 17.0. The molecule has 2 aromatic rings. The zero-order valence-corrected chi connectivity index (χ0v) is 14.9. The van der Waals surface area contributed by atoms with E-state index in [1.165, 1.54) is 16.8 Å². The summed E-state index contributed by atoms with van der Waals surface area (Å²) < 4.78 is 0. The van der Waals surface area contributed by atoms with Gasteiger partial charge in [-0.15, -0.1) is 0 Å². The maximum atomic E-state index is 10.9. The molecule has 25 heavy (non-hydrogen) atoms. The molecule has 128 valence electrons. The van der Waals surface area contributed by atoms with Crippen LogP contribution in [0.2, 0.25) is 0 Å². The van der Waals surface area contributed by atoms with Crippen LogP contribution >= 0.6 is 0 Å². The molecule has 0 saturated heterocycles. The minimum Gasteiger partial charge on any atom is -0.478 e. The van der Waals surface area contributed by atoms with Gasteiger partial charge in [-0.05, 0) is 68.3 Å². The maximum Gasteiger partial charge on any atom is 0.335 e. The summed E-state index contributed by atoms with van der Waals surface area (Å²) in [4.78, 5) is 17.6. The summed E-state index contributed by atoms with van der Waals surface area (Å²) >= 11 is 0. The normalized spacial score (nSPS) is 15.8. The number of fused-ring (bicyclic) bond motifs is 1. The van der Waals surface area contributed by atoms with E-state index in [0.29, 0.717) is 0 Å². The Balaban J connectivity index is 1.88. The molecule has 0 saturated carbocycles. The molecular weight excluding hydrogens is 312 g/mol. The lowest BCUT2D eigenvalue weighted by molar-refractivity contribution is 0.0697. The van der Waals surface area contributed by atoms with E-state index in [1.54, 1.807) is 24.3 Å². The summed E-state index contributed by atoms with van der Waals surface area (Å²) in [7, 11) is 2.11. The van der Waals surface area contributed by atoms with Crippen molar-refractivity contribution in [1.82, 2.24) is 0 Å². The molecule has 0 fully saturated rings. The van der Waals surface area contributed by atoms with Gasteiger partial charge in [-0.3, -0.25) is 4.99 Å². The third-order valence-corrected chi connectivity index (χ3v) is 4.72. The second kappa shape index (κ2) is 6.20. The van der Waals surface area contributed by atoms with Crippen LogP contribution in [0, 0.1) is 0 Å². The fourth-order valence-electron chi connectivity index (χ4n) is 3.10. The topological polar surface area (TPSA) is 52.9 Å². The summed E-state index contributed by atoms with van der Waals surface area (Å²) in [6.45, 7) is 6.55. The van der Waals surface area contributed by atoms with Gasteiger partial charge in [0.15, 0.2) is 0 Å². The highest BCUT2D eigenvalue weighted by Gasteiger charge is 2.28. The molecule has 0 amide bonds. The average Bonchev–Trinajstić information content (AvgIpc) is 2.58. The molecule has 1 N–H and O–H groups in total. The van der Waals surface area contributed by atoms with Gasteiger partial charge in [-0.2, -0.15) is 0 Å². The Morgan fingerprint density at radius 2 is 1.84 bits per heavy atom. The van der Waals surface area contributed by atoms with Crippen LogP contribution in [0.25, 0.3) is 5.57 Å². The van der Waals surface area contributed by atoms with Crippen LogP contribution in [0.3, 0.4) is 0 Å². The Morgan fingerprint density at radius 3 is 2.48 bits per heavy atom.